The van der Waals surface area contributed by atoms with Crippen LogP contribution in [0.2, 0.25) is 0 Å². The van der Waals surface area contributed by atoms with E-state index in [1.54, 1.807) is 17.3 Å². The van der Waals surface area contributed by atoms with Gasteiger partial charge in [0.25, 0.3) is 5.91 Å². The molecule has 0 unspecified atom stereocenters. The van der Waals surface area contributed by atoms with E-state index < -0.39 is 0 Å². The highest BCUT2D eigenvalue weighted by atomic mass is 79.9. The van der Waals surface area contributed by atoms with Gasteiger partial charge in [-0.05, 0) is 35.9 Å². The Balaban J connectivity index is 1.94. The number of benzene rings is 1. The molecule has 2 aromatic rings. The Morgan fingerprint density at radius 2 is 2.14 bits per heavy atom. The Hall–Kier alpha value is -1.50. The van der Waals surface area contributed by atoms with E-state index in [4.69, 9.17) is 12.2 Å². The molecule has 0 saturated carbocycles. The van der Waals surface area contributed by atoms with Crippen molar-refractivity contribution in [2.75, 3.05) is 4.90 Å². The van der Waals surface area contributed by atoms with Crippen molar-refractivity contribution in [3.05, 3.63) is 63.7 Å². The molecule has 0 spiro atoms. The number of amides is 1. The van der Waals surface area contributed by atoms with Crippen LogP contribution in [-0.2, 0) is 4.79 Å². The van der Waals surface area contributed by atoms with Crippen LogP contribution in [0.5, 0.6) is 0 Å². The van der Waals surface area contributed by atoms with E-state index in [0.717, 1.165) is 15.7 Å². The lowest BCUT2D eigenvalue weighted by atomic mass is 10.2. The molecule has 0 bridgehead atoms. The Bertz CT molecular complexity index is 746. The van der Waals surface area contributed by atoms with E-state index in [2.05, 4.69) is 20.9 Å². The molecule has 1 aromatic heterocycles. The van der Waals surface area contributed by atoms with Crippen molar-refractivity contribution in [2.45, 2.75) is 0 Å². The molecule has 0 atom stereocenters. The molecule has 1 saturated heterocycles. The van der Waals surface area contributed by atoms with Crippen molar-refractivity contribution in [1.29, 1.82) is 0 Å². The number of carbonyl (C=O) groups excluding carboxylic acids is 1. The molecule has 1 aliphatic rings. The largest absolute Gasteiger partial charge is 0.270 e. The van der Waals surface area contributed by atoms with E-state index in [1.807, 2.05) is 42.5 Å². The molecule has 0 N–H and O–H groups in total. The highest BCUT2D eigenvalue weighted by molar-refractivity contribution is 9.10. The van der Waals surface area contributed by atoms with Gasteiger partial charge in [-0.1, -0.05) is 52.0 Å². The number of halogens is 1. The Kier molecular flexibility index (Phi) is 4.19. The first kappa shape index (κ1) is 14.4. The molecular formula is C15H9BrN2OS2. The summed E-state index contributed by atoms with van der Waals surface area (Å²) in [5.74, 6) is -0.105. The number of pyridine rings is 1. The normalized spacial score (nSPS) is 16.8. The summed E-state index contributed by atoms with van der Waals surface area (Å²) in [6.07, 6.45) is 5.22. The first-order chi connectivity index (χ1) is 10.1. The van der Waals surface area contributed by atoms with Crippen LogP contribution in [0.3, 0.4) is 0 Å². The van der Waals surface area contributed by atoms with Crippen molar-refractivity contribution in [3.8, 4) is 0 Å². The second kappa shape index (κ2) is 6.09. The standard InChI is InChI=1S/C15H9BrN2OS2/c16-11-4-1-5-12(8-11)18-14(19)13(21-15(18)20)7-10-3-2-6-17-9-10/h1-9H/b13-7-. The van der Waals surface area contributed by atoms with Gasteiger partial charge in [0.15, 0.2) is 4.32 Å². The SMILES string of the molecule is O=C1/C(=C/c2cccnc2)SC(=S)N1c1cccc(Br)c1. The van der Waals surface area contributed by atoms with E-state index in [1.165, 1.54) is 11.8 Å². The van der Waals surface area contributed by atoms with Crippen molar-refractivity contribution in [3.63, 3.8) is 0 Å². The fourth-order valence-corrected chi connectivity index (χ4v) is 3.60. The number of anilines is 1. The molecule has 1 aromatic carbocycles. The van der Waals surface area contributed by atoms with Crippen LogP contribution in [0.25, 0.3) is 6.08 Å². The lowest BCUT2D eigenvalue weighted by Crippen LogP contribution is -2.27. The summed E-state index contributed by atoms with van der Waals surface area (Å²) in [7, 11) is 0. The van der Waals surface area contributed by atoms with Gasteiger partial charge in [-0.2, -0.15) is 0 Å². The maximum absolute atomic E-state index is 12.5. The zero-order valence-electron chi connectivity index (χ0n) is 10.7. The van der Waals surface area contributed by atoms with E-state index in [-0.39, 0.29) is 5.91 Å². The second-order valence-corrected chi connectivity index (χ2v) is 6.87. The molecule has 21 heavy (non-hydrogen) atoms. The quantitative estimate of drug-likeness (QED) is 0.579. The lowest BCUT2D eigenvalue weighted by molar-refractivity contribution is -0.113. The number of thiocarbonyl (C=S) groups is 1. The van der Waals surface area contributed by atoms with Crippen molar-refractivity contribution in [1.82, 2.24) is 4.98 Å². The van der Waals surface area contributed by atoms with Crippen molar-refractivity contribution < 1.29 is 4.79 Å². The summed E-state index contributed by atoms with van der Waals surface area (Å²) in [5, 5.41) is 0. The van der Waals surface area contributed by atoms with Crippen LogP contribution in [0.4, 0.5) is 5.69 Å². The van der Waals surface area contributed by atoms with Gasteiger partial charge in [0.2, 0.25) is 0 Å². The highest BCUT2D eigenvalue weighted by Gasteiger charge is 2.33. The first-order valence-corrected chi connectivity index (χ1v) is 8.10. The summed E-state index contributed by atoms with van der Waals surface area (Å²) in [6, 6.07) is 11.3. The topological polar surface area (TPSA) is 33.2 Å². The van der Waals surface area contributed by atoms with Gasteiger partial charge in [0.1, 0.15) is 0 Å². The Morgan fingerprint density at radius 1 is 1.29 bits per heavy atom. The van der Waals surface area contributed by atoms with Gasteiger partial charge in [0, 0.05) is 16.9 Å². The minimum Gasteiger partial charge on any atom is -0.268 e. The third kappa shape index (κ3) is 3.07. The molecule has 0 radical (unpaired) electrons. The van der Waals surface area contributed by atoms with E-state index >= 15 is 0 Å². The van der Waals surface area contributed by atoms with Crippen molar-refractivity contribution >= 4 is 61.9 Å². The molecule has 1 fully saturated rings. The van der Waals surface area contributed by atoms with Crippen molar-refractivity contribution in [2.24, 2.45) is 0 Å². The predicted molar refractivity (Wildman–Crippen MR) is 94.0 cm³/mol. The summed E-state index contributed by atoms with van der Waals surface area (Å²) in [4.78, 5) is 18.7. The number of nitrogens with zero attached hydrogens (tertiary/aromatic N) is 2. The summed E-state index contributed by atoms with van der Waals surface area (Å²) >= 11 is 10.0. The van der Waals surface area contributed by atoms with E-state index in [9.17, 15) is 4.79 Å². The van der Waals surface area contributed by atoms with Gasteiger partial charge >= 0.3 is 0 Å². The number of thioether (sulfide) groups is 1. The van der Waals surface area contributed by atoms with Crippen LogP contribution in [0.15, 0.2) is 58.2 Å². The van der Waals surface area contributed by atoms with Crippen LogP contribution in [0.1, 0.15) is 5.56 Å². The lowest BCUT2D eigenvalue weighted by Gasteiger charge is -2.14. The van der Waals surface area contributed by atoms with Crippen LogP contribution >= 0.6 is 39.9 Å². The number of aromatic nitrogens is 1. The molecular weight excluding hydrogens is 368 g/mol. The molecule has 3 nitrogen and oxygen atoms in total. The molecule has 1 amide bonds. The summed E-state index contributed by atoms with van der Waals surface area (Å²) in [6.45, 7) is 0. The molecule has 0 aliphatic carbocycles. The number of hydrogen-bond donors (Lipinski definition) is 0. The molecule has 104 valence electrons. The van der Waals surface area contributed by atoms with Crippen LogP contribution in [0, 0.1) is 0 Å². The molecule has 1 aliphatic heterocycles. The van der Waals surface area contributed by atoms with Gasteiger partial charge in [0.05, 0.1) is 10.6 Å². The Morgan fingerprint density at radius 3 is 2.86 bits per heavy atom. The first-order valence-electron chi connectivity index (χ1n) is 6.09. The highest BCUT2D eigenvalue weighted by Crippen LogP contribution is 2.36. The monoisotopic (exact) mass is 376 g/mol. The fraction of sp³-hybridized carbons (Fsp3) is 0. The van der Waals surface area contributed by atoms with Gasteiger partial charge < -0.3 is 0 Å². The minimum absolute atomic E-state index is 0.105. The van der Waals surface area contributed by atoms with Gasteiger partial charge in [-0.25, -0.2) is 0 Å². The fourth-order valence-electron chi connectivity index (χ4n) is 1.92. The maximum Gasteiger partial charge on any atom is 0.270 e. The number of rotatable bonds is 2. The molecule has 3 rings (SSSR count). The maximum atomic E-state index is 12.5. The smallest absolute Gasteiger partial charge is 0.268 e. The Labute approximate surface area is 140 Å². The zero-order chi connectivity index (χ0) is 14.8. The van der Waals surface area contributed by atoms with Gasteiger partial charge in [-0.15, -0.1) is 0 Å². The van der Waals surface area contributed by atoms with Gasteiger partial charge in [-0.3, -0.25) is 14.7 Å². The number of carbonyl (C=O) groups is 1. The average Bonchev–Trinajstić information content (AvgIpc) is 2.74. The molecule has 6 heteroatoms. The third-order valence-corrected chi connectivity index (χ3v) is 4.64. The predicted octanol–water partition coefficient (Wildman–Crippen LogP) is 4.25. The number of hydrogen-bond acceptors (Lipinski definition) is 4. The third-order valence-electron chi connectivity index (χ3n) is 2.84. The zero-order valence-corrected chi connectivity index (χ0v) is 13.9. The van der Waals surface area contributed by atoms with E-state index in [0.29, 0.717) is 9.23 Å². The van der Waals surface area contributed by atoms with Crippen LogP contribution < -0.4 is 4.90 Å². The minimum atomic E-state index is -0.105. The van der Waals surface area contributed by atoms with Crippen LogP contribution in [-0.4, -0.2) is 15.2 Å². The summed E-state index contributed by atoms with van der Waals surface area (Å²) < 4.78 is 1.44. The molecule has 2 heterocycles. The summed E-state index contributed by atoms with van der Waals surface area (Å²) in [5.41, 5.74) is 1.65. The second-order valence-electron chi connectivity index (χ2n) is 4.28. The average molecular weight is 377 g/mol.